The van der Waals surface area contributed by atoms with Crippen molar-refractivity contribution in [3.8, 4) is 0 Å². The number of likely N-dealkylation sites (tertiary alicyclic amines) is 1. The van der Waals surface area contributed by atoms with Crippen LogP contribution in [0.3, 0.4) is 0 Å². The number of amides is 1. The molecule has 1 aromatic carbocycles. The minimum atomic E-state index is -0.360. The molecule has 1 aliphatic heterocycles. The topological polar surface area (TPSA) is 58.4 Å². The lowest BCUT2D eigenvalue weighted by Gasteiger charge is -2.16. The van der Waals surface area contributed by atoms with Crippen LogP contribution in [-0.2, 0) is 6.54 Å². The monoisotopic (exact) mass is 269 g/mol. The maximum atomic E-state index is 11.1. The summed E-state index contributed by atoms with van der Waals surface area (Å²) < 4.78 is 0. The Morgan fingerprint density at radius 1 is 1.56 bits per heavy atom. The highest BCUT2D eigenvalue weighted by molar-refractivity contribution is 5.92. The first-order valence-corrected chi connectivity index (χ1v) is 5.97. The Kier molecular flexibility index (Phi) is 5.59. The van der Waals surface area contributed by atoms with Crippen molar-refractivity contribution in [1.82, 2.24) is 10.2 Å². The quantitative estimate of drug-likeness (QED) is 0.857. The van der Waals surface area contributed by atoms with Gasteiger partial charge in [0, 0.05) is 31.2 Å². The normalized spacial score (nSPS) is 19.5. The molecule has 1 amide bonds. The van der Waals surface area contributed by atoms with Gasteiger partial charge < -0.3 is 11.1 Å². The van der Waals surface area contributed by atoms with Crippen LogP contribution in [0, 0.1) is 0 Å². The molecule has 0 aromatic heterocycles. The summed E-state index contributed by atoms with van der Waals surface area (Å²) in [5.74, 6) is -0.360. The second-order valence-corrected chi connectivity index (χ2v) is 4.57. The third-order valence-electron chi connectivity index (χ3n) is 3.30. The molecule has 1 saturated heterocycles. The van der Waals surface area contributed by atoms with Gasteiger partial charge >= 0.3 is 0 Å². The van der Waals surface area contributed by atoms with E-state index < -0.39 is 0 Å². The molecule has 1 aliphatic rings. The van der Waals surface area contributed by atoms with Crippen molar-refractivity contribution in [1.29, 1.82) is 0 Å². The van der Waals surface area contributed by atoms with Crippen LogP contribution in [0.1, 0.15) is 22.3 Å². The molecule has 4 nitrogen and oxygen atoms in total. The van der Waals surface area contributed by atoms with Gasteiger partial charge in [-0.1, -0.05) is 12.1 Å². The van der Waals surface area contributed by atoms with Gasteiger partial charge in [0.1, 0.15) is 0 Å². The molecule has 0 radical (unpaired) electrons. The molecule has 2 rings (SSSR count). The average Bonchev–Trinajstić information content (AvgIpc) is 2.77. The predicted molar refractivity (Wildman–Crippen MR) is 74.9 cm³/mol. The SMILES string of the molecule is CNC1CCN(Cc2cccc(C(N)=O)c2)C1.Cl. The number of nitrogens with two attached hydrogens (primary N) is 1. The number of hydrogen-bond acceptors (Lipinski definition) is 3. The number of halogens is 1. The van der Waals surface area contributed by atoms with Crippen molar-refractivity contribution in [3.05, 3.63) is 35.4 Å². The van der Waals surface area contributed by atoms with E-state index in [2.05, 4.69) is 10.2 Å². The van der Waals surface area contributed by atoms with Crippen LogP contribution in [-0.4, -0.2) is 37.0 Å². The number of carbonyl (C=O) groups is 1. The molecule has 0 saturated carbocycles. The number of rotatable bonds is 4. The summed E-state index contributed by atoms with van der Waals surface area (Å²) in [6.07, 6.45) is 1.19. The zero-order valence-electron chi connectivity index (χ0n) is 10.6. The van der Waals surface area contributed by atoms with Crippen molar-refractivity contribution < 1.29 is 4.79 Å². The molecular weight excluding hydrogens is 250 g/mol. The summed E-state index contributed by atoms with van der Waals surface area (Å²) in [4.78, 5) is 13.5. The van der Waals surface area contributed by atoms with Gasteiger partial charge in [0.25, 0.3) is 0 Å². The van der Waals surface area contributed by atoms with Crippen LogP contribution in [0.25, 0.3) is 0 Å². The molecule has 100 valence electrons. The molecular formula is C13H20ClN3O. The van der Waals surface area contributed by atoms with Gasteiger partial charge in [-0.05, 0) is 31.2 Å². The Morgan fingerprint density at radius 2 is 2.33 bits per heavy atom. The number of likely N-dealkylation sites (N-methyl/N-ethyl adjacent to an activating group) is 1. The van der Waals surface area contributed by atoms with E-state index in [9.17, 15) is 4.79 Å². The summed E-state index contributed by atoms with van der Waals surface area (Å²) >= 11 is 0. The van der Waals surface area contributed by atoms with E-state index in [-0.39, 0.29) is 18.3 Å². The predicted octanol–water partition coefficient (Wildman–Crippen LogP) is 1.00. The Morgan fingerprint density at radius 3 is 2.94 bits per heavy atom. The van der Waals surface area contributed by atoms with Gasteiger partial charge in [0.05, 0.1) is 0 Å². The smallest absolute Gasteiger partial charge is 0.248 e. The minimum Gasteiger partial charge on any atom is -0.366 e. The van der Waals surface area contributed by atoms with Crippen molar-refractivity contribution in [2.75, 3.05) is 20.1 Å². The van der Waals surface area contributed by atoms with Crippen LogP contribution >= 0.6 is 12.4 Å². The molecule has 1 fully saturated rings. The van der Waals surface area contributed by atoms with E-state index in [1.54, 1.807) is 6.07 Å². The van der Waals surface area contributed by atoms with Gasteiger partial charge in [0.15, 0.2) is 0 Å². The fourth-order valence-corrected chi connectivity index (χ4v) is 2.29. The maximum absolute atomic E-state index is 11.1. The molecule has 0 bridgehead atoms. The lowest BCUT2D eigenvalue weighted by molar-refractivity contribution is 0.1000. The highest BCUT2D eigenvalue weighted by Crippen LogP contribution is 2.14. The molecule has 1 atom stereocenters. The highest BCUT2D eigenvalue weighted by Gasteiger charge is 2.20. The highest BCUT2D eigenvalue weighted by atomic mass is 35.5. The second kappa shape index (κ2) is 6.73. The van der Waals surface area contributed by atoms with Crippen LogP contribution in [0.4, 0.5) is 0 Å². The van der Waals surface area contributed by atoms with E-state index in [1.165, 1.54) is 6.42 Å². The lowest BCUT2D eigenvalue weighted by Crippen LogP contribution is -2.29. The summed E-state index contributed by atoms with van der Waals surface area (Å²) in [5.41, 5.74) is 7.01. The minimum absolute atomic E-state index is 0. The molecule has 1 unspecified atom stereocenters. The summed E-state index contributed by atoms with van der Waals surface area (Å²) in [6, 6.07) is 8.16. The van der Waals surface area contributed by atoms with Crippen molar-refractivity contribution in [2.45, 2.75) is 19.0 Å². The first kappa shape index (κ1) is 15.0. The maximum Gasteiger partial charge on any atom is 0.248 e. The molecule has 1 aromatic rings. The van der Waals surface area contributed by atoms with Crippen molar-refractivity contribution in [3.63, 3.8) is 0 Å². The Balaban J connectivity index is 0.00000162. The van der Waals surface area contributed by atoms with E-state index in [0.717, 1.165) is 25.2 Å². The number of primary amides is 1. The van der Waals surface area contributed by atoms with Gasteiger partial charge in [-0.3, -0.25) is 9.69 Å². The fourth-order valence-electron chi connectivity index (χ4n) is 2.29. The van der Waals surface area contributed by atoms with Crippen LogP contribution in [0.2, 0.25) is 0 Å². The lowest BCUT2D eigenvalue weighted by atomic mass is 10.1. The first-order chi connectivity index (χ1) is 8.19. The van der Waals surface area contributed by atoms with Gasteiger partial charge in [-0.15, -0.1) is 12.4 Å². The summed E-state index contributed by atoms with van der Waals surface area (Å²) in [5, 5.41) is 3.29. The molecule has 1 heterocycles. The van der Waals surface area contributed by atoms with E-state index in [1.807, 2.05) is 25.2 Å². The van der Waals surface area contributed by atoms with Crippen molar-refractivity contribution in [2.24, 2.45) is 5.73 Å². The number of hydrogen-bond donors (Lipinski definition) is 2. The number of nitrogens with one attached hydrogen (secondary N) is 1. The largest absolute Gasteiger partial charge is 0.366 e. The van der Waals surface area contributed by atoms with Crippen LogP contribution in [0.15, 0.2) is 24.3 Å². The van der Waals surface area contributed by atoms with Gasteiger partial charge in [0.2, 0.25) is 5.91 Å². The van der Waals surface area contributed by atoms with E-state index in [0.29, 0.717) is 11.6 Å². The standard InChI is InChI=1S/C13H19N3O.ClH/c1-15-12-5-6-16(9-12)8-10-3-2-4-11(7-10)13(14)17;/h2-4,7,12,15H,5-6,8-9H2,1H3,(H2,14,17);1H. The van der Waals surface area contributed by atoms with Crippen LogP contribution < -0.4 is 11.1 Å². The average molecular weight is 270 g/mol. The third kappa shape index (κ3) is 3.70. The Labute approximate surface area is 114 Å². The number of carbonyl (C=O) groups excluding carboxylic acids is 1. The second-order valence-electron chi connectivity index (χ2n) is 4.57. The third-order valence-corrected chi connectivity index (χ3v) is 3.30. The van der Waals surface area contributed by atoms with Gasteiger partial charge in [-0.2, -0.15) is 0 Å². The Bertz CT molecular complexity index is 411. The molecule has 3 N–H and O–H groups in total. The number of nitrogens with zero attached hydrogens (tertiary/aromatic N) is 1. The van der Waals surface area contributed by atoms with E-state index >= 15 is 0 Å². The Hall–Kier alpha value is -1.10. The zero-order valence-corrected chi connectivity index (χ0v) is 11.4. The summed E-state index contributed by atoms with van der Waals surface area (Å²) in [7, 11) is 2.00. The zero-order chi connectivity index (χ0) is 12.3. The van der Waals surface area contributed by atoms with Crippen molar-refractivity contribution >= 4 is 18.3 Å². The molecule has 18 heavy (non-hydrogen) atoms. The number of benzene rings is 1. The van der Waals surface area contributed by atoms with E-state index in [4.69, 9.17) is 5.73 Å². The van der Waals surface area contributed by atoms with Crippen LogP contribution in [0.5, 0.6) is 0 Å². The fraction of sp³-hybridized carbons (Fsp3) is 0.462. The molecule has 0 aliphatic carbocycles. The first-order valence-electron chi connectivity index (χ1n) is 5.97. The van der Waals surface area contributed by atoms with Gasteiger partial charge in [-0.25, -0.2) is 0 Å². The molecule has 0 spiro atoms. The summed E-state index contributed by atoms with van der Waals surface area (Å²) in [6.45, 7) is 3.06. The molecule has 5 heteroatoms.